The Kier molecular flexibility index (Phi) is 5.16. The van der Waals surface area contributed by atoms with Crippen LogP contribution in [-0.2, 0) is 11.3 Å². The molecule has 0 N–H and O–H groups in total. The quantitative estimate of drug-likeness (QED) is 0.711. The number of hydrogen-bond donors (Lipinski definition) is 0. The molecule has 0 spiro atoms. The minimum Gasteiger partial charge on any atom is -0.375 e. The van der Waals surface area contributed by atoms with Gasteiger partial charge in [0.25, 0.3) is 0 Å². The Hall–Kier alpha value is -0.910. The van der Waals surface area contributed by atoms with Crippen LogP contribution in [0.15, 0.2) is 10.6 Å². The van der Waals surface area contributed by atoms with Crippen molar-refractivity contribution < 1.29 is 9.26 Å². The summed E-state index contributed by atoms with van der Waals surface area (Å²) >= 11 is 0. The number of nitrogens with zero attached hydrogens (tertiary/aromatic N) is 3. The number of hydrogen-bond acceptors (Lipinski definition) is 5. The van der Waals surface area contributed by atoms with Crippen LogP contribution >= 0.6 is 0 Å². The van der Waals surface area contributed by atoms with Crippen molar-refractivity contribution >= 4 is 0 Å². The second-order valence-electron chi connectivity index (χ2n) is 4.98. The molecule has 1 aliphatic rings. The van der Waals surface area contributed by atoms with E-state index in [-0.39, 0.29) is 0 Å². The van der Waals surface area contributed by atoms with E-state index in [1.54, 1.807) is 0 Å². The standard InChI is InChI=1S/C13H23N3O2/c1-12-10-13(14-18-12)11-17-9-3-4-16-7-5-15(2)6-8-16/h10H,3-9,11H2,1-2H3. The summed E-state index contributed by atoms with van der Waals surface area (Å²) in [4.78, 5) is 4.88. The van der Waals surface area contributed by atoms with Crippen LogP contribution in [0.2, 0.25) is 0 Å². The van der Waals surface area contributed by atoms with Crippen molar-refractivity contribution in [3.05, 3.63) is 17.5 Å². The van der Waals surface area contributed by atoms with Gasteiger partial charge in [-0.3, -0.25) is 0 Å². The van der Waals surface area contributed by atoms with Crippen molar-refractivity contribution in [1.29, 1.82) is 0 Å². The molecular weight excluding hydrogens is 230 g/mol. The van der Waals surface area contributed by atoms with Gasteiger partial charge in [0.05, 0.1) is 6.61 Å². The largest absolute Gasteiger partial charge is 0.375 e. The number of ether oxygens (including phenoxy) is 1. The first-order chi connectivity index (χ1) is 8.74. The van der Waals surface area contributed by atoms with E-state index in [9.17, 15) is 0 Å². The van der Waals surface area contributed by atoms with Gasteiger partial charge in [-0.15, -0.1) is 0 Å². The summed E-state index contributed by atoms with van der Waals surface area (Å²) in [7, 11) is 2.18. The van der Waals surface area contributed by atoms with Gasteiger partial charge in [-0.1, -0.05) is 5.16 Å². The number of aromatic nitrogens is 1. The minimum atomic E-state index is 0.556. The number of aryl methyl sites for hydroxylation is 1. The molecule has 0 bridgehead atoms. The molecule has 0 aromatic carbocycles. The van der Waals surface area contributed by atoms with Crippen LogP contribution in [0.4, 0.5) is 0 Å². The Balaban J connectivity index is 1.51. The van der Waals surface area contributed by atoms with E-state index >= 15 is 0 Å². The molecule has 1 aromatic rings. The molecule has 2 rings (SSSR count). The Morgan fingerprint density at radius 3 is 2.78 bits per heavy atom. The summed E-state index contributed by atoms with van der Waals surface area (Å²) in [5.41, 5.74) is 0.882. The molecular formula is C13H23N3O2. The van der Waals surface area contributed by atoms with Crippen molar-refractivity contribution in [2.75, 3.05) is 46.4 Å². The predicted molar refractivity (Wildman–Crippen MR) is 69.5 cm³/mol. The van der Waals surface area contributed by atoms with E-state index in [0.717, 1.165) is 31.0 Å². The zero-order valence-electron chi connectivity index (χ0n) is 11.4. The molecule has 2 heterocycles. The molecule has 0 aliphatic carbocycles. The lowest BCUT2D eigenvalue weighted by atomic mass is 10.3. The van der Waals surface area contributed by atoms with Gasteiger partial charge < -0.3 is 19.1 Å². The van der Waals surface area contributed by atoms with Gasteiger partial charge in [-0.2, -0.15) is 0 Å². The van der Waals surface area contributed by atoms with E-state index in [0.29, 0.717) is 6.61 Å². The highest BCUT2D eigenvalue weighted by atomic mass is 16.5. The predicted octanol–water partition coefficient (Wildman–Crippen LogP) is 1.14. The molecule has 0 atom stereocenters. The van der Waals surface area contributed by atoms with Gasteiger partial charge in [0.15, 0.2) is 0 Å². The third-order valence-electron chi connectivity index (χ3n) is 3.29. The summed E-state index contributed by atoms with van der Waals surface area (Å²) < 4.78 is 10.6. The first kappa shape index (κ1) is 13.5. The fourth-order valence-corrected chi connectivity index (χ4v) is 2.12. The minimum absolute atomic E-state index is 0.556. The average Bonchev–Trinajstić information content (AvgIpc) is 2.77. The zero-order valence-corrected chi connectivity index (χ0v) is 11.4. The maximum absolute atomic E-state index is 5.59. The lowest BCUT2D eigenvalue weighted by Gasteiger charge is -2.32. The third kappa shape index (κ3) is 4.40. The number of rotatable bonds is 6. The molecule has 1 aliphatic heterocycles. The Morgan fingerprint density at radius 1 is 1.33 bits per heavy atom. The summed E-state index contributed by atoms with van der Waals surface area (Å²) in [6.07, 6.45) is 1.08. The molecule has 0 saturated carbocycles. The van der Waals surface area contributed by atoms with Crippen LogP contribution < -0.4 is 0 Å². The first-order valence-electron chi connectivity index (χ1n) is 6.65. The molecule has 102 valence electrons. The lowest BCUT2D eigenvalue weighted by molar-refractivity contribution is 0.0936. The van der Waals surface area contributed by atoms with E-state index in [1.165, 1.54) is 26.2 Å². The van der Waals surface area contributed by atoms with Gasteiger partial charge in [0.1, 0.15) is 11.5 Å². The second kappa shape index (κ2) is 6.87. The van der Waals surface area contributed by atoms with Crippen molar-refractivity contribution in [3.8, 4) is 0 Å². The van der Waals surface area contributed by atoms with E-state index < -0.39 is 0 Å². The van der Waals surface area contributed by atoms with Gasteiger partial charge in [0, 0.05) is 45.4 Å². The topological polar surface area (TPSA) is 41.7 Å². The molecule has 1 saturated heterocycles. The Labute approximate surface area is 109 Å². The molecule has 18 heavy (non-hydrogen) atoms. The third-order valence-corrected chi connectivity index (χ3v) is 3.29. The van der Waals surface area contributed by atoms with Crippen LogP contribution in [0.25, 0.3) is 0 Å². The van der Waals surface area contributed by atoms with Gasteiger partial charge in [0.2, 0.25) is 0 Å². The van der Waals surface area contributed by atoms with Crippen molar-refractivity contribution in [2.45, 2.75) is 20.0 Å². The maximum Gasteiger partial charge on any atom is 0.134 e. The molecule has 0 radical (unpaired) electrons. The highest BCUT2D eigenvalue weighted by Gasteiger charge is 2.12. The fraction of sp³-hybridized carbons (Fsp3) is 0.769. The molecule has 1 fully saturated rings. The summed E-state index contributed by atoms with van der Waals surface area (Å²) in [5, 5.41) is 3.90. The maximum atomic E-state index is 5.59. The van der Waals surface area contributed by atoms with Crippen LogP contribution in [-0.4, -0.2) is 61.3 Å². The van der Waals surface area contributed by atoms with Crippen molar-refractivity contribution in [1.82, 2.24) is 15.0 Å². The number of likely N-dealkylation sites (N-methyl/N-ethyl adjacent to an activating group) is 1. The molecule has 1 aromatic heterocycles. The molecule has 0 amide bonds. The van der Waals surface area contributed by atoms with E-state index in [4.69, 9.17) is 9.26 Å². The zero-order chi connectivity index (χ0) is 12.8. The van der Waals surface area contributed by atoms with Crippen LogP contribution in [0.1, 0.15) is 17.9 Å². The molecule has 0 unspecified atom stereocenters. The van der Waals surface area contributed by atoms with Crippen LogP contribution in [0, 0.1) is 6.92 Å². The monoisotopic (exact) mass is 253 g/mol. The number of piperazine rings is 1. The average molecular weight is 253 g/mol. The normalized spacial score (nSPS) is 18.3. The van der Waals surface area contributed by atoms with Crippen LogP contribution in [0.3, 0.4) is 0 Å². The molecule has 5 heteroatoms. The van der Waals surface area contributed by atoms with Gasteiger partial charge in [-0.05, 0) is 20.4 Å². The summed E-state index contributed by atoms with van der Waals surface area (Å²) in [6, 6.07) is 1.92. The van der Waals surface area contributed by atoms with Crippen molar-refractivity contribution in [2.24, 2.45) is 0 Å². The van der Waals surface area contributed by atoms with Gasteiger partial charge in [-0.25, -0.2) is 0 Å². The summed E-state index contributed by atoms with van der Waals surface area (Å²) in [6.45, 7) is 9.09. The smallest absolute Gasteiger partial charge is 0.134 e. The Morgan fingerprint density at radius 2 is 2.11 bits per heavy atom. The highest BCUT2D eigenvalue weighted by Crippen LogP contribution is 2.04. The Bertz CT molecular complexity index is 346. The first-order valence-corrected chi connectivity index (χ1v) is 6.65. The van der Waals surface area contributed by atoms with Gasteiger partial charge >= 0.3 is 0 Å². The second-order valence-corrected chi connectivity index (χ2v) is 4.98. The van der Waals surface area contributed by atoms with E-state index in [2.05, 4.69) is 22.0 Å². The summed E-state index contributed by atoms with van der Waals surface area (Å²) in [5.74, 6) is 0.839. The molecule has 5 nitrogen and oxygen atoms in total. The lowest BCUT2D eigenvalue weighted by Crippen LogP contribution is -2.44. The fourth-order valence-electron chi connectivity index (χ4n) is 2.12. The van der Waals surface area contributed by atoms with Crippen molar-refractivity contribution in [3.63, 3.8) is 0 Å². The SMILES string of the molecule is Cc1cc(COCCCN2CCN(C)CC2)no1. The highest BCUT2D eigenvalue weighted by molar-refractivity contribution is 5.01. The van der Waals surface area contributed by atoms with Crippen LogP contribution in [0.5, 0.6) is 0 Å². The van der Waals surface area contributed by atoms with E-state index in [1.807, 2.05) is 13.0 Å².